The van der Waals surface area contributed by atoms with Gasteiger partial charge in [-0.05, 0) is 27.7 Å². The van der Waals surface area contributed by atoms with E-state index >= 15 is 0 Å². The third kappa shape index (κ3) is 4.07. The standard InChI is InChI=1S/C10H22N2O2/c1-7(9(13)12(5)6)11-8(2)10(3,4)14/h7-8,11,14H,1-6H3. The molecular formula is C10H22N2O2. The van der Waals surface area contributed by atoms with Crippen molar-refractivity contribution >= 4 is 5.91 Å². The normalized spacial score (nSPS) is 16.2. The topological polar surface area (TPSA) is 52.6 Å². The van der Waals surface area contributed by atoms with Gasteiger partial charge in [0.25, 0.3) is 0 Å². The van der Waals surface area contributed by atoms with Crippen molar-refractivity contribution < 1.29 is 9.90 Å². The molecule has 0 bridgehead atoms. The maximum atomic E-state index is 11.5. The summed E-state index contributed by atoms with van der Waals surface area (Å²) in [6.45, 7) is 7.10. The van der Waals surface area contributed by atoms with Crippen LogP contribution in [0, 0.1) is 0 Å². The Kier molecular flexibility index (Phi) is 4.55. The molecule has 4 nitrogen and oxygen atoms in total. The smallest absolute Gasteiger partial charge is 0.238 e. The number of aliphatic hydroxyl groups is 1. The molecule has 0 heterocycles. The summed E-state index contributed by atoms with van der Waals surface area (Å²) in [6, 6.07) is -0.396. The summed E-state index contributed by atoms with van der Waals surface area (Å²) in [5.41, 5.74) is -0.819. The summed E-state index contributed by atoms with van der Waals surface area (Å²) in [5, 5.41) is 12.7. The third-order valence-electron chi connectivity index (χ3n) is 2.37. The molecule has 0 spiro atoms. The zero-order chi connectivity index (χ0) is 11.5. The van der Waals surface area contributed by atoms with Gasteiger partial charge in [-0.25, -0.2) is 0 Å². The van der Waals surface area contributed by atoms with Crippen molar-refractivity contribution in [2.45, 2.75) is 45.4 Å². The molecule has 14 heavy (non-hydrogen) atoms. The highest BCUT2D eigenvalue weighted by Crippen LogP contribution is 2.08. The average Bonchev–Trinajstić information content (AvgIpc) is 2.00. The van der Waals surface area contributed by atoms with Crippen LogP contribution in [-0.2, 0) is 4.79 Å². The number of likely N-dealkylation sites (N-methyl/N-ethyl adjacent to an activating group) is 1. The monoisotopic (exact) mass is 202 g/mol. The zero-order valence-electron chi connectivity index (χ0n) is 9.96. The number of hydrogen-bond acceptors (Lipinski definition) is 3. The van der Waals surface area contributed by atoms with Crippen LogP contribution in [0.2, 0.25) is 0 Å². The molecule has 84 valence electrons. The number of hydrogen-bond donors (Lipinski definition) is 2. The number of carbonyl (C=O) groups is 1. The maximum absolute atomic E-state index is 11.5. The van der Waals surface area contributed by atoms with Gasteiger partial charge in [-0.1, -0.05) is 0 Å². The van der Waals surface area contributed by atoms with Crippen molar-refractivity contribution in [1.29, 1.82) is 0 Å². The Bertz CT molecular complexity index is 197. The quantitative estimate of drug-likeness (QED) is 0.685. The van der Waals surface area contributed by atoms with E-state index in [1.165, 1.54) is 4.90 Å². The van der Waals surface area contributed by atoms with E-state index in [2.05, 4.69) is 5.32 Å². The third-order valence-corrected chi connectivity index (χ3v) is 2.37. The molecule has 0 saturated carbocycles. The summed E-state index contributed by atoms with van der Waals surface area (Å²) in [6.07, 6.45) is 0. The molecule has 0 aliphatic carbocycles. The Labute approximate surface area is 86.3 Å². The number of nitrogens with zero attached hydrogens (tertiary/aromatic N) is 1. The minimum absolute atomic E-state index is 0.0149. The molecule has 0 aromatic heterocycles. The lowest BCUT2D eigenvalue weighted by atomic mass is 10.00. The van der Waals surface area contributed by atoms with E-state index in [1.54, 1.807) is 34.9 Å². The van der Waals surface area contributed by atoms with Crippen LogP contribution in [0.15, 0.2) is 0 Å². The summed E-state index contributed by atoms with van der Waals surface area (Å²) >= 11 is 0. The van der Waals surface area contributed by atoms with Crippen LogP contribution >= 0.6 is 0 Å². The molecule has 0 rings (SSSR count). The highest BCUT2D eigenvalue weighted by atomic mass is 16.3. The average molecular weight is 202 g/mol. The van der Waals surface area contributed by atoms with E-state index < -0.39 is 5.60 Å². The van der Waals surface area contributed by atoms with Gasteiger partial charge in [0, 0.05) is 20.1 Å². The lowest BCUT2D eigenvalue weighted by molar-refractivity contribution is -0.131. The Morgan fingerprint density at radius 1 is 1.36 bits per heavy atom. The van der Waals surface area contributed by atoms with Gasteiger partial charge in [-0.3, -0.25) is 4.79 Å². The highest BCUT2D eigenvalue weighted by Gasteiger charge is 2.26. The van der Waals surface area contributed by atoms with Crippen LogP contribution in [0.3, 0.4) is 0 Å². The minimum Gasteiger partial charge on any atom is -0.389 e. The molecule has 2 atom stereocenters. The number of amides is 1. The second kappa shape index (κ2) is 4.75. The summed E-state index contributed by atoms with van der Waals surface area (Å²) in [4.78, 5) is 13.0. The first-order valence-corrected chi connectivity index (χ1v) is 4.86. The first-order chi connectivity index (χ1) is 6.16. The molecular weight excluding hydrogens is 180 g/mol. The Morgan fingerprint density at radius 3 is 2.07 bits per heavy atom. The van der Waals surface area contributed by atoms with Crippen molar-refractivity contribution in [3.05, 3.63) is 0 Å². The van der Waals surface area contributed by atoms with Gasteiger partial charge >= 0.3 is 0 Å². The molecule has 4 heteroatoms. The molecule has 0 aliphatic heterocycles. The SMILES string of the molecule is CC(NC(C)C(C)(C)O)C(=O)N(C)C. The van der Waals surface area contributed by atoms with Crippen LogP contribution in [-0.4, -0.2) is 47.7 Å². The molecule has 2 N–H and O–H groups in total. The van der Waals surface area contributed by atoms with Crippen molar-refractivity contribution in [3.8, 4) is 0 Å². The molecule has 0 aromatic carbocycles. The van der Waals surface area contributed by atoms with E-state index in [0.717, 1.165) is 0 Å². The lowest BCUT2D eigenvalue weighted by Gasteiger charge is -2.30. The van der Waals surface area contributed by atoms with Gasteiger partial charge in [0.2, 0.25) is 5.91 Å². The number of carbonyl (C=O) groups excluding carboxylic acids is 1. The molecule has 0 aliphatic rings. The Hall–Kier alpha value is -0.610. The van der Waals surface area contributed by atoms with Crippen LogP contribution in [0.4, 0.5) is 0 Å². The van der Waals surface area contributed by atoms with Gasteiger partial charge in [0.05, 0.1) is 11.6 Å². The van der Waals surface area contributed by atoms with Crippen LogP contribution < -0.4 is 5.32 Å². The second-order valence-corrected chi connectivity index (χ2v) is 4.50. The van der Waals surface area contributed by atoms with Gasteiger partial charge in [0.15, 0.2) is 0 Å². The van der Waals surface area contributed by atoms with Crippen molar-refractivity contribution in [2.24, 2.45) is 0 Å². The minimum atomic E-state index is -0.819. The first-order valence-electron chi connectivity index (χ1n) is 4.86. The molecule has 1 amide bonds. The van der Waals surface area contributed by atoms with Crippen molar-refractivity contribution in [3.63, 3.8) is 0 Å². The van der Waals surface area contributed by atoms with Gasteiger partial charge < -0.3 is 15.3 Å². The largest absolute Gasteiger partial charge is 0.389 e. The van der Waals surface area contributed by atoms with Crippen LogP contribution in [0.25, 0.3) is 0 Å². The van der Waals surface area contributed by atoms with E-state index in [-0.39, 0.29) is 18.0 Å². The molecule has 2 unspecified atom stereocenters. The van der Waals surface area contributed by atoms with Gasteiger partial charge in [-0.2, -0.15) is 0 Å². The molecule has 0 aromatic rings. The van der Waals surface area contributed by atoms with E-state index in [9.17, 15) is 9.90 Å². The van der Waals surface area contributed by atoms with Crippen molar-refractivity contribution in [1.82, 2.24) is 10.2 Å². The fourth-order valence-corrected chi connectivity index (χ4v) is 1.04. The van der Waals surface area contributed by atoms with Crippen LogP contribution in [0.5, 0.6) is 0 Å². The van der Waals surface area contributed by atoms with E-state index in [4.69, 9.17) is 0 Å². The Morgan fingerprint density at radius 2 is 1.79 bits per heavy atom. The summed E-state index contributed by atoms with van der Waals surface area (Å²) in [7, 11) is 3.44. The fourth-order valence-electron chi connectivity index (χ4n) is 1.04. The Balaban J connectivity index is 4.20. The first kappa shape index (κ1) is 13.4. The number of rotatable bonds is 4. The second-order valence-electron chi connectivity index (χ2n) is 4.50. The fraction of sp³-hybridized carbons (Fsp3) is 0.900. The van der Waals surface area contributed by atoms with Gasteiger partial charge in [0.1, 0.15) is 0 Å². The summed E-state index contributed by atoms with van der Waals surface area (Å²) < 4.78 is 0. The molecule has 0 saturated heterocycles. The summed E-state index contributed by atoms with van der Waals surface area (Å²) in [5.74, 6) is 0.0149. The predicted molar refractivity (Wildman–Crippen MR) is 57.1 cm³/mol. The number of nitrogens with one attached hydrogen (secondary N) is 1. The molecule has 0 radical (unpaired) electrons. The zero-order valence-corrected chi connectivity index (χ0v) is 9.96. The van der Waals surface area contributed by atoms with Gasteiger partial charge in [-0.15, -0.1) is 0 Å². The molecule has 0 fully saturated rings. The highest BCUT2D eigenvalue weighted by molar-refractivity contribution is 5.80. The maximum Gasteiger partial charge on any atom is 0.238 e. The van der Waals surface area contributed by atoms with Crippen LogP contribution in [0.1, 0.15) is 27.7 Å². The van der Waals surface area contributed by atoms with E-state index in [1.807, 2.05) is 6.92 Å². The predicted octanol–water partition coefficient (Wildman–Crippen LogP) is 0.212. The van der Waals surface area contributed by atoms with Crippen molar-refractivity contribution in [2.75, 3.05) is 14.1 Å². The van der Waals surface area contributed by atoms with E-state index in [0.29, 0.717) is 0 Å². The lowest BCUT2D eigenvalue weighted by Crippen LogP contribution is -2.52.